The number of hydrogen-bond donors (Lipinski definition) is 0. The fourth-order valence-electron chi connectivity index (χ4n) is 2.60. The zero-order chi connectivity index (χ0) is 16.5. The number of esters is 1. The van der Waals surface area contributed by atoms with Gasteiger partial charge in [-0.05, 0) is 27.7 Å². The van der Waals surface area contributed by atoms with Gasteiger partial charge in [0.15, 0.2) is 17.7 Å². The summed E-state index contributed by atoms with van der Waals surface area (Å²) in [6, 6.07) is 0. The largest absolute Gasteiger partial charge is 0.457 e. The fraction of sp³-hybridized carbons (Fsp3) is 0.933. The average Bonchev–Trinajstić information content (AvgIpc) is 2.73. The summed E-state index contributed by atoms with van der Waals surface area (Å²) >= 11 is 0. The van der Waals surface area contributed by atoms with E-state index in [-0.39, 0.29) is 30.9 Å². The van der Waals surface area contributed by atoms with Crippen LogP contribution in [0.2, 0.25) is 0 Å². The van der Waals surface area contributed by atoms with Crippen LogP contribution in [0.5, 0.6) is 0 Å². The molecule has 0 aromatic rings. The van der Waals surface area contributed by atoms with Gasteiger partial charge in [0.2, 0.25) is 0 Å². The topological polar surface area (TPSA) is 72.5 Å². The summed E-state index contributed by atoms with van der Waals surface area (Å²) in [5, 5.41) is 0. The molecule has 22 heavy (non-hydrogen) atoms. The van der Waals surface area contributed by atoms with Crippen LogP contribution in [0.1, 0.15) is 34.6 Å². The van der Waals surface area contributed by atoms with Crippen LogP contribution in [0.15, 0.2) is 0 Å². The van der Waals surface area contributed by atoms with Crippen molar-refractivity contribution in [1.29, 1.82) is 0 Å². The second-order valence-electron chi connectivity index (χ2n) is 6.50. The molecule has 0 unspecified atom stereocenters. The first-order chi connectivity index (χ1) is 10.1. The van der Waals surface area contributed by atoms with E-state index in [0.29, 0.717) is 6.61 Å². The lowest BCUT2D eigenvalue weighted by Crippen LogP contribution is -2.54. The van der Waals surface area contributed by atoms with E-state index in [9.17, 15) is 4.79 Å². The number of rotatable bonds is 5. The first-order valence-corrected chi connectivity index (χ1v) is 7.47. The molecule has 2 aliphatic rings. The van der Waals surface area contributed by atoms with E-state index in [1.807, 2.05) is 27.7 Å². The standard InChI is InChI=1S/C15H26O7/c1-9(16)20-11-7-18-10(8-19-14(2,3)17-6)12-13(11)22-15(4,5)21-12/h10-13H,7-8H2,1-6H3/t10-,11+,12+,13-/m1/s1. The van der Waals surface area contributed by atoms with Crippen molar-refractivity contribution >= 4 is 5.97 Å². The van der Waals surface area contributed by atoms with Gasteiger partial charge < -0.3 is 28.4 Å². The lowest BCUT2D eigenvalue weighted by Gasteiger charge is -2.37. The Hall–Kier alpha value is -0.730. The van der Waals surface area contributed by atoms with Crippen LogP contribution in [0.4, 0.5) is 0 Å². The number of ether oxygens (including phenoxy) is 6. The predicted molar refractivity (Wildman–Crippen MR) is 76.2 cm³/mol. The van der Waals surface area contributed by atoms with Crippen molar-refractivity contribution in [3.8, 4) is 0 Å². The molecule has 0 aromatic carbocycles. The SMILES string of the molecule is COC(C)(C)OC[C@H]1OC[C@H](OC(C)=O)[C@H]2OC(C)(C)O[C@H]21. The smallest absolute Gasteiger partial charge is 0.303 e. The molecule has 0 radical (unpaired) electrons. The van der Waals surface area contributed by atoms with Gasteiger partial charge >= 0.3 is 5.97 Å². The zero-order valence-corrected chi connectivity index (χ0v) is 14.1. The molecule has 2 fully saturated rings. The van der Waals surface area contributed by atoms with Gasteiger partial charge in [-0.15, -0.1) is 0 Å². The third-order valence-electron chi connectivity index (χ3n) is 3.78. The molecule has 2 aliphatic heterocycles. The first kappa shape index (κ1) is 17.6. The molecule has 0 amide bonds. The van der Waals surface area contributed by atoms with Crippen LogP contribution >= 0.6 is 0 Å². The Morgan fingerprint density at radius 2 is 1.91 bits per heavy atom. The van der Waals surface area contributed by atoms with Gasteiger partial charge in [0, 0.05) is 14.0 Å². The van der Waals surface area contributed by atoms with Gasteiger partial charge in [0.05, 0.1) is 13.2 Å². The minimum absolute atomic E-state index is 0.252. The van der Waals surface area contributed by atoms with Crippen molar-refractivity contribution in [3.05, 3.63) is 0 Å². The number of carbonyl (C=O) groups is 1. The number of carbonyl (C=O) groups excluding carboxylic acids is 1. The number of fused-ring (bicyclic) bond motifs is 1. The van der Waals surface area contributed by atoms with Crippen molar-refractivity contribution in [3.63, 3.8) is 0 Å². The molecule has 2 heterocycles. The first-order valence-electron chi connectivity index (χ1n) is 7.47. The van der Waals surface area contributed by atoms with Crippen LogP contribution in [0.25, 0.3) is 0 Å². The molecular formula is C15H26O7. The summed E-state index contributed by atoms with van der Waals surface area (Å²) in [5.41, 5.74) is 0. The minimum atomic E-state index is -0.754. The molecule has 0 bridgehead atoms. The van der Waals surface area contributed by atoms with Crippen LogP contribution in [-0.2, 0) is 33.2 Å². The van der Waals surface area contributed by atoms with Gasteiger partial charge in [-0.1, -0.05) is 0 Å². The van der Waals surface area contributed by atoms with Crippen LogP contribution in [0.3, 0.4) is 0 Å². The Bertz CT molecular complexity index is 407. The van der Waals surface area contributed by atoms with Crippen LogP contribution in [-0.4, -0.2) is 62.3 Å². The second kappa shape index (κ2) is 6.41. The predicted octanol–water partition coefficient (Wildman–Crippen LogP) is 1.24. The van der Waals surface area contributed by atoms with E-state index in [2.05, 4.69) is 0 Å². The Kier molecular flexibility index (Phi) is 5.13. The van der Waals surface area contributed by atoms with E-state index in [1.165, 1.54) is 6.92 Å². The Labute approximate surface area is 131 Å². The van der Waals surface area contributed by atoms with Gasteiger partial charge in [-0.25, -0.2) is 0 Å². The number of hydrogen-bond acceptors (Lipinski definition) is 7. The van der Waals surface area contributed by atoms with Crippen molar-refractivity contribution < 1.29 is 33.2 Å². The van der Waals surface area contributed by atoms with Crippen molar-refractivity contribution in [2.45, 2.75) is 70.6 Å². The molecule has 0 N–H and O–H groups in total. The third-order valence-corrected chi connectivity index (χ3v) is 3.78. The highest BCUT2D eigenvalue weighted by atomic mass is 16.8. The molecule has 128 valence electrons. The number of methoxy groups -OCH3 is 1. The van der Waals surface area contributed by atoms with Gasteiger partial charge in [0.25, 0.3) is 0 Å². The summed E-state index contributed by atoms with van der Waals surface area (Å²) in [7, 11) is 1.58. The van der Waals surface area contributed by atoms with Crippen molar-refractivity contribution in [2.75, 3.05) is 20.3 Å². The molecule has 7 heteroatoms. The van der Waals surface area contributed by atoms with Crippen LogP contribution in [0, 0.1) is 0 Å². The molecule has 0 spiro atoms. The molecule has 7 nitrogen and oxygen atoms in total. The lowest BCUT2D eigenvalue weighted by molar-refractivity contribution is -0.236. The second-order valence-corrected chi connectivity index (χ2v) is 6.50. The van der Waals surface area contributed by atoms with E-state index in [4.69, 9.17) is 28.4 Å². The highest BCUT2D eigenvalue weighted by molar-refractivity contribution is 5.66. The lowest BCUT2D eigenvalue weighted by atomic mass is 10.0. The molecule has 2 saturated heterocycles. The molecule has 4 atom stereocenters. The molecule has 0 saturated carbocycles. The minimum Gasteiger partial charge on any atom is -0.457 e. The summed E-state index contributed by atoms with van der Waals surface area (Å²) in [5.74, 6) is -1.83. The maximum Gasteiger partial charge on any atom is 0.303 e. The summed E-state index contributed by atoms with van der Waals surface area (Å²) in [6.07, 6.45) is -1.52. The molecule has 2 rings (SSSR count). The summed E-state index contributed by atoms with van der Waals surface area (Å²) in [6.45, 7) is 9.22. The summed E-state index contributed by atoms with van der Waals surface area (Å²) in [4.78, 5) is 11.2. The Balaban J connectivity index is 2.04. The molecular weight excluding hydrogens is 292 g/mol. The Morgan fingerprint density at radius 3 is 2.50 bits per heavy atom. The molecule has 0 aromatic heterocycles. The third kappa shape index (κ3) is 4.17. The maximum atomic E-state index is 11.2. The quantitative estimate of drug-likeness (QED) is 0.558. The maximum absolute atomic E-state index is 11.2. The van der Waals surface area contributed by atoms with Crippen molar-refractivity contribution in [1.82, 2.24) is 0 Å². The normalized spacial score (nSPS) is 34.3. The van der Waals surface area contributed by atoms with E-state index < -0.39 is 17.7 Å². The van der Waals surface area contributed by atoms with E-state index in [1.54, 1.807) is 7.11 Å². The van der Waals surface area contributed by atoms with Gasteiger partial charge in [-0.2, -0.15) is 0 Å². The highest BCUT2D eigenvalue weighted by Gasteiger charge is 2.53. The molecule has 0 aliphatic carbocycles. The van der Waals surface area contributed by atoms with Crippen molar-refractivity contribution in [2.24, 2.45) is 0 Å². The van der Waals surface area contributed by atoms with Gasteiger partial charge in [-0.3, -0.25) is 4.79 Å². The van der Waals surface area contributed by atoms with E-state index >= 15 is 0 Å². The average molecular weight is 318 g/mol. The zero-order valence-electron chi connectivity index (χ0n) is 14.1. The van der Waals surface area contributed by atoms with Crippen LogP contribution < -0.4 is 0 Å². The van der Waals surface area contributed by atoms with Gasteiger partial charge in [0.1, 0.15) is 18.3 Å². The monoisotopic (exact) mass is 318 g/mol. The summed E-state index contributed by atoms with van der Waals surface area (Å²) < 4.78 is 33.8. The fourth-order valence-corrected chi connectivity index (χ4v) is 2.60. The van der Waals surface area contributed by atoms with E-state index in [0.717, 1.165) is 0 Å². The highest BCUT2D eigenvalue weighted by Crippen LogP contribution is 2.36. The Morgan fingerprint density at radius 1 is 1.27 bits per heavy atom.